The van der Waals surface area contributed by atoms with Crippen molar-refractivity contribution in [2.45, 2.75) is 19.9 Å². The third kappa shape index (κ3) is 3.13. The van der Waals surface area contributed by atoms with Crippen molar-refractivity contribution in [1.29, 1.82) is 0 Å². The van der Waals surface area contributed by atoms with Crippen molar-refractivity contribution in [2.24, 2.45) is 0 Å². The molecule has 0 bridgehead atoms. The van der Waals surface area contributed by atoms with Gasteiger partial charge in [0.15, 0.2) is 0 Å². The Morgan fingerprint density at radius 1 is 1.40 bits per heavy atom. The van der Waals surface area contributed by atoms with E-state index in [0.717, 1.165) is 0 Å². The van der Waals surface area contributed by atoms with Gasteiger partial charge in [-0.2, -0.15) is 10.1 Å². The number of hydrogen-bond donors (Lipinski definition) is 1. The molecule has 130 valence electrons. The van der Waals surface area contributed by atoms with Crippen LogP contribution in [-0.4, -0.2) is 32.4 Å². The lowest BCUT2D eigenvalue weighted by molar-refractivity contribution is -0.711. The quantitative estimate of drug-likeness (QED) is 0.494. The van der Waals surface area contributed by atoms with Crippen LogP contribution < -0.4 is 10.2 Å². The highest BCUT2D eigenvalue weighted by molar-refractivity contribution is 5.92. The molecule has 0 aliphatic carbocycles. The summed E-state index contributed by atoms with van der Waals surface area (Å²) < 4.78 is 6.72. The number of carbonyl (C=O) groups excluding carboxylic acids is 1. The van der Waals surface area contributed by atoms with E-state index >= 15 is 0 Å². The van der Waals surface area contributed by atoms with Crippen molar-refractivity contribution in [2.75, 3.05) is 11.9 Å². The van der Waals surface area contributed by atoms with E-state index in [2.05, 4.69) is 20.2 Å². The minimum Gasteiger partial charge on any atom is -0.463 e. The predicted octanol–water partition coefficient (Wildman–Crippen LogP) is 1.70. The maximum absolute atomic E-state index is 12.4. The van der Waals surface area contributed by atoms with Gasteiger partial charge < -0.3 is 10.1 Å². The summed E-state index contributed by atoms with van der Waals surface area (Å²) in [7, 11) is 0. The summed E-state index contributed by atoms with van der Waals surface area (Å²) in [5, 5.41) is 16.7. The number of nitrogens with zero attached hydrogens (tertiary/aromatic N) is 4. The number of nitrogens with one attached hydrogen (secondary N) is 1. The Balaban J connectivity index is 2.04. The van der Waals surface area contributed by atoms with E-state index in [-0.39, 0.29) is 12.4 Å². The van der Waals surface area contributed by atoms with Crippen LogP contribution in [-0.2, 0) is 9.53 Å². The lowest BCUT2D eigenvalue weighted by Gasteiger charge is -2.28. The van der Waals surface area contributed by atoms with Crippen LogP contribution in [0.3, 0.4) is 0 Å². The van der Waals surface area contributed by atoms with Crippen LogP contribution in [0.25, 0.3) is 0 Å². The van der Waals surface area contributed by atoms with Crippen LogP contribution >= 0.6 is 0 Å². The fraction of sp³-hybridized carbons (Fsp3) is 0.267. The highest BCUT2D eigenvalue weighted by Crippen LogP contribution is 2.35. The van der Waals surface area contributed by atoms with Crippen molar-refractivity contribution < 1.29 is 19.5 Å². The maximum atomic E-state index is 12.4. The zero-order valence-corrected chi connectivity index (χ0v) is 13.5. The molecule has 25 heavy (non-hydrogen) atoms. The summed E-state index contributed by atoms with van der Waals surface area (Å²) in [6.45, 7) is 3.72. The van der Waals surface area contributed by atoms with Gasteiger partial charge in [0.25, 0.3) is 5.09 Å². The van der Waals surface area contributed by atoms with Gasteiger partial charge in [0.1, 0.15) is 18.1 Å². The second-order valence-electron chi connectivity index (χ2n) is 5.20. The Kier molecular flexibility index (Phi) is 4.33. The lowest BCUT2D eigenvalue weighted by Crippen LogP contribution is -2.29. The van der Waals surface area contributed by atoms with Gasteiger partial charge in [0.2, 0.25) is 5.95 Å². The van der Waals surface area contributed by atoms with Gasteiger partial charge in [-0.25, -0.2) is 9.48 Å². The topological polar surface area (TPSA) is 121 Å². The monoisotopic (exact) mass is 345 g/mol. The largest absolute Gasteiger partial charge is 0.463 e. The molecule has 0 radical (unpaired) electrons. The number of allylic oxidation sites excluding steroid dienone is 1. The Morgan fingerprint density at radius 2 is 2.12 bits per heavy atom. The third-order valence-electron chi connectivity index (χ3n) is 3.67. The number of esters is 1. The van der Waals surface area contributed by atoms with Crippen LogP contribution in [0.15, 0.2) is 41.9 Å². The fourth-order valence-corrected chi connectivity index (χ4v) is 2.67. The van der Waals surface area contributed by atoms with Gasteiger partial charge in [-0.1, -0.05) is 12.1 Å². The van der Waals surface area contributed by atoms with Gasteiger partial charge >= 0.3 is 5.97 Å². The Morgan fingerprint density at radius 3 is 2.76 bits per heavy atom. The molecule has 0 unspecified atom stereocenters. The van der Waals surface area contributed by atoms with E-state index in [1.165, 1.54) is 18.5 Å². The molecule has 0 saturated carbocycles. The van der Waals surface area contributed by atoms with Crippen molar-refractivity contribution in [3.05, 3.63) is 57.5 Å². The zero-order chi connectivity index (χ0) is 18.0. The Bertz CT molecular complexity index is 842. The number of anilines is 1. The maximum Gasteiger partial charge on any atom is 0.338 e. The molecule has 0 fully saturated rings. The number of benzene rings is 1. The fourth-order valence-electron chi connectivity index (χ4n) is 2.67. The second-order valence-corrected chi connectivity index (χ2v) is 5.20. The van der Waals surface area contributed by atoms with Gasteiger partial charge in [0, 0.05) is 5.70 Å². The molecule has 3 rings (SSSR count). The highest BCUT2D eigenvalue weighted by atomic mass is 17.0. The Labute approximate surface area is 142 Å². The van der Waals surface area contributed by atoms with Crippen LogP contribution in [0.2, 0.25) is 0 Å². The van der Waals surface area contributed by atoms with E-state index in [1.807, 2.05) is 0 Å². The molecule has 0 amide bonds. The first kappa shape index (κ1) is 16.4. The summed E-state index contributed by atoms with van der Waals surface area (Å²) in [5.74, 6) is 0.102. The summed E-state index contributed by atoms with van der Waals surface area (Å²) in [4.78, 5) is 31.4. The van der Waals surface area contributed by atoms with Crippen LogP contribution in [0.5, 0.6) is 5.75 Å². The minimum absolute atomic E-state index is 0.0832. The molecule has 10 nitrogen and oxygen atoms in total. The molecular formula is C15H15N5O5. The standard InChI is InChI=1S/C15H15N5O5/c1-3-24-14(21)12-9(2)18-15-16-8-17-19(15)13(12)10-4-6-11(7-5-10)25-20(22)23/h4-8,13H,3H2,1-2H3,(H,16,17,18)/t13-/m0/s1. The van der Waals surface area contributed by atoms with Gasteiger partial charge in [0.05, 0.1) is 12.2 Å². The molecule has 1 aliphatic rings. The highest BCUT2D eigenvalue weighted by Gasteiger charge is 2.34. The molecule has 1 atom stereocenters. The van der Waals surface area contributed by atoms with Crippen molar-refractivity contribution in [1.82, 2.24) is 14.8 Å². The first-order chi connectivity index (χ1) is 12.0. The van der Waals surface area contributed by atoms with E-state index in [1.54, 1.807) is 30.7 Å². The van der Waals surface area contributed by atoms with Gasteiger partial charge in [-0.05, 0) is 31.5 Å². The van der Waals surface area contributed by atoms with Gasteiger partial charge in [-0.15, -0.1) is 10.1 Å². The van der Waals surface area contributed by atoms with Crippen LogP contribution in [0.1, 0.15) is 25.5 Å². The predicted molar refractivity (Wildman–Crippen MR) is 85.2 cm³/mol. The van der Waals surface area contributed by atoms with E-state index in [4.69, 9.17) is 4.74 Å². The second kappa shape index (κ2) is 6.59. The number of rotatable bonds is 5. The van der Waals surface area contributed by atoms with E-state index < -0.39 is 17.1 Å². The molecule has 1 aromatic carbocycles. The van der Waals surface area contributed by atoms with Crippen molar-refractivity contribution >= 4 is 11.9 Å². The lowest BCUT2D eigenvalue weighted by atomic mass is 9.96. The SMILES string of the molecule is CCOC(=O)C1=C(C)Nc2ncnn2[C@H]1c1ccc(O[N+](=O)[O-])cc1. The van der Waals surface area contributed by atoms with Crippen LogP contribution in [0.4, 0.5) is 5.95 Å². The number of carbonyl (C=O) groups is 1. The Hall–Kier alpha value is -3.43. The normalized spacial score (nSPS) is 16.0. The summed E-state index contributed by atoms with van der Waals surface area (Å²) in [5.41, 5.74) is 1.68. The molecule has 0 spiro atoms. The molecule has 10 heteroatoms. The number of aromatic nitrogens is 3. The molecule has 2 heterocycles. The average Bonchev–Trinajstić information content (AvgIpc) is 3.02. The molecular weight excluding hydrogens is 330 g/mol. The molecule has 1 aliphatic heterocycles. The molecule has 1 N–H and O–H groups in total. The first-order valence-electron chi connectivity index (χ1n) is 7.48. The molecule has 1 aromatic heterocycles. The number of hydrogen-bond acceptors (Lipinski definition) is 8. The van der Waals surface area contributed by atoms with Gasteiger partial charge in [-0.3, -0.25) is 4.84 Å². The zero-order valence-electron chi connectivity index (χ0n) is 13.5. The summed E-state index contributed by atoms with van der Waals surface area (Å²) in [6, 6.07) is 5.60. The summed E-state index contributed by atoms with van der Waals surface area (Å²) >= 11 is 0. The molecule has 0 saturated heterocycles. The van der Waals surface area contributed by atoms with Crippen LogP contribution in [0, 0.1) is 10.1 Å². The molecule has 2 aromatic rings. The first-order valence-corrected chi connectivity index (χ1v) is 7.48. The number of fused-ring (bicyclic) bond motifs is 1. The smallest absolute Gasteiger partial charge is 0.338 e. The van der Waals surface area contributed by atoms with E-state index in [9.17, 15) is 14.9 Å². The van der Waals surface area contributed by atoms with Crippen molar-refractivity contribution in [3.8, 4) is 5.75 Å². The van der Waals surface area contributed by atoms with E-state index in [0.29, 0.717) is 22.8 Å². The van der Waals surface area contributed by atoms with Crippen molar-refractivity contribution in [3.63, 3.8) is 0 Å². The summed E-state index contributed by atoms with van der Waals surface area (Å²) in [6.07, 6.45) is 1.38. The minimum atomic E-state index is -0.886. The number of ether oxygens (including phenoxy) is 1. The third-order valence-corrected chi connectivity index (χ3v) is 3.67. The average molecular weight is 345 g/mol.